The maximum atomic E-state index is 5.72. The van der Waals surface area contributed by atoms with Gasteiger partial charge in [-0.15, -0.1) is 0 Å². The number of hydrogen-bond donors (Lipinski definition) is 0. The fourth-order valence-electron chi connectivity index (χ4n) is 1.87. The van der Waals surface area contributed by atoms with Crippen molar-refractivity contribution in [2.75, 3.05) is 0 Å². The van der Waals surface area contributed by atoms with Crippen LogP contribution in [0.4, 0.5) is 0 Å². The van der Waals surface area contributed by atoms with Crippen LogP contribution in [0, 0.1) is 5.92 Å². The van der Waals surface area contributed by atoms with Crippen molar-refractivity contribution >= 4 is 0 Å². The summed E-state index contributed by atoms with van der Waals surface area (Å²) in [5, 5.41) is 0. The molecule has 2 atom stereocenters. The molecule has 0 amide bonds. The molecule has 2 rings (SSSR count). The summed E-state index contributed by atoms with van der Waals surface area (Å²) < 4.78 is 11.4. The average molecular weight is 156 g/mol. The highest BCUT2D eigenvalue weighted by molar-refractivity contribution is 4.81. The van der Waals surface area contributed by atoms with Gasteiger partial charge in [0.1, 0.15) is 0 Å². The standard InChI is InChI=1S/C9H16O2/c1-6(2)9-10-7-3-4-8(5-7)11-9/h6-9H,3-5H2,1-2H3. The average Bonchev–Trinajstić information content (AvgIpc) is 2.30. The molecule has 0 spiro atoms. The van der Waals surface area contributed by atoms with Gasteiger partial charge in [0.25, 0.3) is 0 Å². The minimum absolute atomic E-state index is 0.0706. The topological polar surface area (TPSA) is 18.5 Å². The highest BCUT2D eigenvalue weighted by Gasteiger charge is 2.36. The molecule has 1 aliphatic heterocycles. The third-order valence-corrected chi connectivity index (χ3v) is 2.53. The fourth-order valence-corrected chi connectivity index (χ4v) is 1.87. The number of hydrogen-bond acceptors (Lipinski definition) is 2. The molecule has 1 aliphatic carbocycles. The Morgan fingerprint density at radius 1 is 1.09 bits per heavy atom. The van der Waals surface area contributed by atoms with Crippen LogP contribution < -0.4 is 0 Å². The van der Waals surface area contributed by atoms with Gasteiger partial charge in [0.05, 0.1) is 12.2 Å². The van der Waals surface area contributed by atoms with Gasteiger partial charge in [-0.2, -0.15) is 0 Å². The molecule has 64 valence electrons. The lowest BCUT2D eigenvalue weighted by atomic mass is 10.2. The Kier molecular flexibility index (Phi) is 1.90. The number of fused-ring (bicyclic) bond motifs is 2. The molecule has 2 bridgehead atoms. The van der Waals surface area contributed by atoms with Crippen molar-refractivity contribution in [1.82, 2.24) is 0 Å². The number of rotatable bonds is 1. The second kappa shape index (κ2) is 2.76. The molecule has 1 saturated heterocycles. The Morgan fingerprint density at radius 3 is 2.09 bits per heavy atom. The minimum atomic E-state index is 0.0706. The van der Waals surface area contributed by atoms with E-state index in [1.54, 1.807) is 0 Å². The molecule has 2 fully saturated rings. The van der Waals surface area contributed by atoms with E-state index in [1.165, 1.54) is 12.8 Å². The fraction of sp³-hybridized carbons (Fsp3) is 1.00. The van der Waals surface area contributed by atoms with Crippen LogP contribution in [0.1, 0.15) is 33.1 Å². The third-order valence-electron chi connectivity index (χ3n) is 2.53. The lowest BCUT2D eigenvalue weighted by molar-refractivity contribution is -0.236. The van der Waals surface area contributed by atoms with Crippen molar-refractivity contribution in [1.29, 1.82) is 0 Å². The van der Waals surface area contributed by atoms with E-state index in [-0.39, 0.29) is 6.29 Å². The Morgan fingerprint density at radius 2 is 1.64 bits per heavy atom. The zero-order valence-electron chi connectivity index (χ0n) is 7.25. The Labute approximate surface area is 67.9 Å². The van der Waals surface area contributed by atoms with Crippen LogP contribution in [0.2, 0.25) is 0 Å². The van der Waals surface area contributed by atoms with Crippen LogP contribution in [0.3, 0.4) is 0 Å². The SMILES string of the molecule is CC(C)C1OC2CCC(C2)O1. The predicted octanol–water partition coefficient (Wildman–Crippen LogP) is 1.94. The van der Waals surface area contributed by atoms with Gasteiger partial charge in [-0.05, 0) is 12.8 Å². The van der Waals surface area contributed by atoms with Crippen LogP contribution in [-0.4, -0.2) is 18.5 Å². The molecule has 0 aromatic heterocycles. The summed E-state index contributed by atoms with van der Waals surface area (Å²) in [6.07, 6.45) is 4.61. The molecule has 1 saturated carbocycles. The first-order valence-corrected chi connectivity index (χ1v) is 4.56. The van der Waals surface area contributed by atoms with E-state index in [9.17, 15) is 0 Å². The molecule has 0 N–H and O–H groups in total. The van der Waals surface area contributed by atoms with Gasteiger partial charge in [-0.3, -0.25) is 0 Å². The molecule has 0 aromatic carbocycles. The maximum absolute atomic E-state index is 5.72. The summed E-state index contributed by atoms with van der Waals surface area (Å²) in [6, 6.07) is 0. The first-order valence-electron chi connectivity index (χ1n) is 4.56. The van der Waals surface area contributed by atoms with Gasteiger partial charge in [-0.1, -0.05) is 13.8 Å². The highest BCUT2D eigenvalue weighted by Crippen LogP contribution is 2.33. The van der Waals surface area contributed by atoms with Crippen LogP contribution in [0.15, 0.2) is 0 Å². The molecular weight excluding hydrogens is 140 g/mol. The van der Waals surface area contributed by atoms with Gasteiger partial charge in [-0.25, -0.2) is 0 Å². The third kappa shape index (κ3) is 1.42. The zero-order valence-corrected chi connectivity index (χ0v) is 7.25. The lowest BCUT2D eigenvalue weighted by Gasteiger charge is -2.31. The van der Waals surface area contributed by atoms with Gasteiger partial charge < -0.3 is 9.47 Å². The van der Waals surface area contributed by atoms with Crippen LogP contribution in [0.5, 0.6) is 0 Å². The van der Waals surface area contributed by atoms with Crippen molar-refractivity contribution in [3.8, 4) is 0 Å². The van der Waals surface area contributed by atoms with Gasteiger partial charge in [0.15, 0.2) is 6.29 Å². The van der Waals surface area contributed by atoms with Gasteiger partial charge in [0.2, 0.25) is 0 Å². The van der Waals surface area contributed by atoms with Crippen molar-refractivity contribution in [3.63, 3.8) is 0 Å². The Bertz CT molecular complexity index is 132. The first-order chi connectivity index (χ1) is 5.25. The second-order valence-electron chi connectivity index (χ2n) is 3.94. The quantitative estimate of drug-likeness (QED) is 0.577. The Balaban J connectivity index is 1.97. The van der Waals surface area contributed by atoms with Crippen molar-refractivity contribution in [2.45, 2.75) is 51.6 Å². The second-order valence-corrected chi connectivity index (χ2v) is 3.94. The molecule has 1 heterocycles. The van der Waals surface area contributed by atoms with E-state index in [0.29, 0.717) is 18.1 Å². The smallest absolute Gasteiger partial charge is 0.160 e. The summed E-state index contributed by atoms with van der Waals surface area (Å²) in [4.78, 5) is 0. The zero-order chi connectivity index (χ0) is 7.84. The van der Waals surface area contributed by atoms with Crippen LogP contribution >= 0.6 is 0 Å². The molecule has 2 unspecified atom stereocenters. The summed E-state index contributed by atoms with van der Waals surface area (Å²) in [5.41, 5.74) is 0. The highest BCUT2D eigenvalue weighted by atomic mass is 16.7. The molecule has 0 aromatic rings. The monoisotopic (exact) mass is 156 g/mol. The van der Waals surface area contributed by atoms with Crippen LogP contribution in [0.25, 0.3) is 0 Å². The molecule has 2 aliphatic rings. The van der Waals surface area contributed by atoms with E-state index >= 15 is 0 Å². The molecule has 0 radical (unpaired) electrons. The van der Waals surface area contributed by atoms with Gasteiger partial charge in [0, 0.05) is 12.3 Å². The van der Waals surface area contributed by atoms with Crippen molar-refractivity contribution < 1.29 is 9.47 Å². The molecule has 11 heavy (non-hydrogen) atoms. The normalized spacial score (nSPS) is 43.4. The first kappa shape index (κ1) is 7.56. The van der Waals surface area contributed by atoms with E-state index in [4.69, 9.17) is 9.47 Å². The van der Waals surface area contributed by atoms with Gasteiger partial charge >= 0.3 is 0 Å². The summed E-state index contributed by atoms with van der Waals surface area (Å²) in [5.74, 6) is 0.499. The molecular formula is C9H16O2. The predicted molar refractivity (Wildman–Crippen MR) is 42.2 cm³/mol. The summed E-state index contributed by atoms with van der Waals surface area (Å²) in [7, 11) is 0. The van der Waals surface area contributed by atoms with E-state index in [1.807, 2.05) is 0 Å². The van der Waals surface area contributed by atoms with Crippen molar-refractivity contribution in [3.05, 3.63) is 0 Å². The van der Waals surface area contributed by atoms with E-state index in [0.717, 1.165) is 6.42 Å². The minimum Gasteiger partial charge on any atom is -0.349 e. The van der Waals surface area contributed by atoms with E-state index < -0.39 is 0 Å². The van der Waals surface area contributed by atoms with Crippen molar-refractivity contribution in [2.24, 2.45) is 5.92 Å². The summed E-state index contributed by atoms with van der Waals surface area (Å²) >= 11 is 0. The lowest BCUT2D eigenvalue weighted by Crippen LogP contribution is -2.35. The molecule has 2 heteroatoms. The maximum Gasteiger partial charge on any atom is 0.160 e. The molecule has 2 nitrogen and oxygen atoms in total. The summed E-state index contributed by atoms with van der Waals surface area (Å²) in [6.45, 7) is 4.30. The van der Waals surface area contributed by atoms with Crippen LogP contribution in [-0.2, 0) is 9.47 Å². The largest absolute Gasteiger partial charge is 0.349 e. The van der Waals surface area contributed by atoms with E-state index in [2.05, 4.69) is 13.8 Å². The number of ether oxygens (including phenoxy) is 2. The Hall–Kier alpha value is -0.0800.